The Morgan fingerprint density at radius 3 is 2.47 bits per heavy atom. The first-order valence-electron chi connectivity index (χ1n) is 10.9. The highest BCUT2D eigenvalue weighted by atomic mass is 32.2. The van der Waals surface area contributed by atoms with Gasteiger partial charge in [-0.3, -0.25) is 15.0 Å². The molecule has 2 heterocycles. The van der Waals surface area contributed by atoms with Crippen molar-refractivity contribution in [2.75, 3.05) is 19.8 Å². The van der Waals surface area contributed by atoms with Crippen LogP contribution in [0.25, 0.3) is 0 Å². The molecular formula is C23H30N2O6S. The normalized spacial score (nSPS) is 15.8. The number of nitrogens with zero attached hydrogens (tertiary/aromatic N) is 1. The zero-order valence-electron chi connectivity index (χ0n) is 18.2. The Bertz CT molecular complexity index is 984. The number of carbonyl (C=O) groups is 1. The second-order valence-corrected chi connectivity index (χ2v) is 10.1. The molecule has 0 aliphatic carbocycles. The fourth-order valence-electron chi connectivity index (χ4n) is 3.83. The van der Waals surface area contributed by atoms with Crippen LogP contribution >= 0.6 is 0 Å². The zero-order chi connectivity index (χ0) is 23.0. The summed E-state index contributed by atoms with van der Waals surface area (Å²) in [5, 5.41) is 9.12. The minimum Gasteiger partial charge on any atom is -0.494 e. The maximum Gasteiger partial charge on any atom is 0.265 e. The van der Waals surface area contributed by atoms with Crippen LogP contribution in [-0.4, -0.2) is 49.1 Å². The Kier molecular flexibility index (Phi) is 8.22. The van der Waals surface area contributed by atoms with Crippen LogP contribution in [0.2, 0.25) is 0 Å². The first-order chi connectivity index (χ1) is 15.4. The molecule has 1 amide bonds. The summed E-state index contributed by atoms with van der Waals surface area (Å²) >= 11 is 0. The molecule has 0 atom stereocenters. The molecule has 3 rings (SSSR count). The molecule has 0 saturated carbocycles. The van der Waals surface area contributed by atoms with Gasteiger partial charge >= 0.3 is 0 Å². The van der Waals surface area contributed by atoms with Gasteiger partial charge in [-0.2, -0.15) is 0 Å². The number of hydroxylamine groups is 1. The summed E-state index contributed by atoms with van der Waals surface area (Å²) in [4.78, 5) is 16.8. The number of hydrogen-bond donors (Lipinski definition) is 2. The van der Waals surface area contributed by atoms with E-state index in [4.69, 9.17) is 14.7 Å². The van der Waals surface area contributed by atoms with E-state index in [1.54, 1.807) is 12.1 Å². The number of aromatic nitrogens is 1. The SMILES string of the molecule is CCCc1ccc(CCCOc2ccc(S(=O)(=O)C3(C(=O)NO)CCOCC3)cc2)cn1. The second-order valence-electron chi connectivity index (χ2n) is 7.88. The molecule has 1 aliphatic rings. The van der Waals surface area contributed by atoms with Crippen molar-refractivity contribution in [3.8, 4) is 5.75 Å². The van der Waals surface area contributed by atoms with Crippen molar-refractivity contribution in [2.45, 2.75) is 55.1 Å². The highest BCUT2D eigenvalue weighted by molar-refractivity contribution is 7.93. The Labute approximate surface area is 188 Å². The third kappa shape index (κ3) is 5.28. The fourth-order valence-corrected chi connectivity index (χ4v) is 5.77. The molecule has 0 radical (unpaired) electrons. The molecule has 0 spiro atoms. The molecule has 1 saturated heterocycles. The Morgan fingerprint density at radius 1 is 1.16 bits per heavy atom. The predicted molar refractivity (Wildman–Crippen MR) is 118 cm³/mol. The monoisotopic (exact) mass is 462 g/mol. The molecular weight excluding hydrogens is 432 g/mol. The van der Waals surface area contributed by atoms with Crippen LogP contribution in [0.1, 0.15) is 43.9 Å². The number of hydrogen-bond acceptors (Lipinski definition) is 7. The van der Waals surface area contributed by atoms with Crippen LogP contribution in [0.15, 0.2) is 47.5 Å². The van der Waals surface area contributed by atoms with Gasteiger partial charge in [-0.1, -0.05) is 19.4 Å². The lowest BCUT2D eigenvalue weighted by atomic mass is 9.98. The Morgan fingerprint density at radius 2 is 1.88 bits per heavy atom. The van der Waals surface area contributed by atoms with Gasteiger partial charge in [0.1, 0.15) is 5.75 Å². The highest BCUT2D eigenvalue weighted by Crippen LogP contribution is 2.35. The summed E-state index contributed by atoms with van der Waals surface area (Å²) in [6.45, 7) is 2.87. The number of pyridine rings is 1. The summed E-state index contributed by atoms with van der Waals surface area (Å²) in [6, 6.07) is 10.2. The van der Waals surface area contributed by atoms with E-state index in [9.17, 15) is 13.2 Å². The van der Waals surface area contributed by atoms with Crippen LogP contribution in [0.4, 0.5) is 0 Å². The fraction of sp³-hybridized carbons (Fsp3) is 0.478. The van der Waals surface area contributed by atoms with Crippen LogP contribution in [-0.2, 0) is 32.2 Å². The number of rotatable bonds is 10. The first-order valence-corrected chi connectivity index (χ1v) is 12.3. The Hall–Kier alpha value is -2.49. The van der Waals surface area contributed by atoms with E-state index in [2.05, 4.69) is 24.0 Å². The van der Waals surface area contributed by atoms with Crippen molar-refractivity contribution in [2.24, 2.45) is 0 Å². The van der Waals surface area contributed by atoms with Crippen molar-refractivity contribution >= 4 is 15.7 Å². The van der Waals surface area contributed by atoms with Gasteiger partial charge in [0.25, 0.3) is 5.91 Å². The van der Waals surface area contributed by atoms with Crippen molar-refractivity contribution in [1.29, 1.82) is 0 Å². The van der Waals surface area contributed by atoms with Crippen LogP contribution < -0.4 is 10.2 Å². The van der Waals surface area contributed by atoms with Crippen LogP contribution in [0.3, 0.4) is 0 Å². The molecule has 174 valence electrons. The summed E-state index contributed by atoms with van der Waals surface area (Å²) in [6.07, 6.45) is 5.56. The Balaban J connectivity index is 1.58. The molecule has 32 heavy (non-hydrogen) atoms. The molecule has 2 aromatic rings. The lowest BCUT2D eigenvalue weighted by molar-refractivity contribution is -0.134. The lowest BCUT2D eigenvalue weighted by Crippen LogP contribution is -2.54. The van der Waals surface area contributed by atoms with E-state index in [1.165, 1.54) is 17.6 Å². The van der Waals surface area contributed by atoms with E-state index < -0.39 is 20.5 Å². The smallest absolute Gasteiger partial charge is 0.265 e. The quantitative estimate of drug-likeness (QED) is 0.317. The summed E-state index contributed by atoms with van der Waals surface area (Å²) in [7, 11) is -4.04. The average Bonchev–Trinajstić information content (AvgIpc) is 2.83. The molecule has 1 fully saturated rings. The van der Waals surface area contributed by atoms with Crippen LogP contribution in [0, 0.1) is 0 Å². The van der Waals surface area contributed by atoms with E-state index in [0.29, 0.717) is 12.4 Å². The van der Waals surface area contributed by atoms with Gasteiger partial charge < -0.3 is 9.47 Å². The number of carbonyl (C=O) groups excluding carboxylic acids is 1. The maximum absolute atomic E-state index is 13.2. The minimum absolute atomic E-state index is 0.00796. The molecule has 1 aromatic carbocycles. The van der Waals surface area contributed by atoms with Gasteiger partial charge in [-0.05, 0) is 68.0 Å². The molecule has 8 nitrogen and oxygen atoms in total. The first kappa shape index (κ1) is 24.2. The second kappa shape index (κ2) is 10.9. The highest BCUT2D eigenvalue weighted by Gasteiger charge is 2.52. The van der Waals surface area contributed by atoms with Gasteiger partial charge in [-0.25, -0.2) is 13.9 Å². The standard InChI is InChI=1S/C23H30N2O6S/c1-2-4-19-7-6-18(17-24-19)5-3-14-31-20-8-10-21(11-9-20)32(28,29)23(22(26)25-27)12-15-30-16-13-23/h6-11,17,27H,2-5,12-16H2,1H3,(H,25,26). The van der Waals surface area contributed by atoms with Crippen molar-refractivity contribution in [3.63, 3.8) is 0 Å². The van der Waals surface area contributed by atoms with Crippen molar-refractivity contribution in [3.05, 3.63) is 53.9 Å². The van der Waals surface area contributed by atoms with Gasteiger partial charge in [0.2, 0.25) is 0 Å². The van der Waals surface area contributed by atoms with Gasteiger partial charge in [0.05, 0.1) is 11.5 Å². The summed E-state index contributed by atoms with van der Waals surface area (Å²) in [5.41, 5.74) is 3.77. The molecule has 9 heteroatoms. The van der Waals surface area contributed by atoms with E-state index in [0.717, 1.165) is 36.9 Å². The molecule has 1 aliphatic heterocycles. The topological polar surface area (TPSA) is 115 Å². The maximum atomic E-state index is 13.2. The number of amides is 1. The lowest BCUT2D eigenvalue weighted by Gasteiger charge is -2.34. The van der Waals surface area contributed by atoms with Crippen molar-refractivity contribution in [1.82, 2.24) is 10.5 Å². The largest absolute Gasteiger partial charge is 0.494 e. The van der Waals surface area contributed by atoms with Crippen LogP contribution in [0.5, 0.6) is 5.75 Å². The van der Waals surface area contributed by atoms with E-state index >= 15 is 0 Å². The predicted octanol–water partition coefficient (Wildman–Crippen LogP) is 2.87. The van der Waals surface area contributed by atoms with E-state index in [1.807, 2.05) is 6.20 Å². The molecule has 2 N–H and O–H groups in total. The molecule has 0 unspecified atom stereocenters. The summed E-state index contributed by atoms with van der Waals surface area (Å²) < 4.78 is 35.7. The summed E-state index contributed by atoms with van der Waals surface area (Å²) in [5.74, 6) is -0.383. The molecule has 0 bridgehead atoms. The van der Waals surface area contributed by atoms with Gasteiger partial charge in [-0.15, -0.1) is 0 Å². The third-order valence-corrected chi connectivity index (χ3v) is 8.25. The molecule has 1 aromatic heterocycles. The van der Waals surface area contributed by atoms with Gasteiger partial charge in [0, 0.05) is 25.1 Å². The third-order valence-electron chi connectivity index (χ3n) is 5.73. The minimum atomic E-state index is -4.04. The zero-order valence-corrected chi connectivity index (χ0v) is 19.1. The van der Waals surface area contributed by atoms with Gasteiger partial charge in [0.15, 0.2) is 14.6 Å². The number of ether oxygens (including phenoxy) is 2. The number of sulfone groups is 1. The average molecular weight is 463 g/mol. The van der Waals surface area contributed by atoms with Crippen molar-refractivity contribution < 1.29 is 27.9 Å². The van der Waals surface area contributed by atoms with E-state index in [-0.39, 0.29) is 31.0 Å². The number of nitrogens with one attached hydrogen (secondary N) is 1. The number of aryl methyl sites for hydroxylation is 2. The number of benzene rings is 1.